The van der Waals surface area contributed by atoms with Crippen molar-refractivity contribution in [2.24, 2.45) is 0 Å². The van der Waals surface area contributed by atoms with Crippen LogP contribution in [0.5, 0.6) is 0 Å². The highest BCUT2D eigenvalue weighted by Gasteiger charge is 2.07. The Morgan fingerprint density at radius 1 is 1.56 bits per heavy atom. The molecule has 0 aliphatic rings. The van der Waals surface area contributed by atoms with Gasteiger partial charge in [0.2, 0.25) is 0 Å². The van der Waals surface area contributed by atoms with Crippen LogP contribution in [0.1, 0.15) is 13.3 Å². The lowest BCUT2D eigenvalue weighted by atomic mass is 10.2. The lowest BCUT2D eigenvalue weighted by molar-refractivity contribution is 0.241. The predicted octanol–water partition coefficient (Wildman–Crippen LogP) is 2.95. The third-order valence-electron chi connectivity index (χ3n) is 2.35. The number of urea groups is 1. The molecular weight excluding hydrogens is 272 g/mol. The molecule has 4 nitrogen and oxygen atoms in total. The van der Waals surface area contributed by atoms with Crippen molar-refractivity contribution in [2.45, 2.75) is 24.3 Å². The van der Waals surface area contributed by atoms with Gasteiger partial charge in [-0.15, -0.1) is 11.8 Å². The topological polar surface area (TPSA) is 61.4 Å². The summed E-state index contributed by atoms with van der Waals surface area (Å²) < 4.78 is 0. The number of aliphatic hydroxyl groups is 1. The van der Waals surface area contributed by atoms with Crippen molar-refractivity contribution in [1.82, 2.24) is 5.32 Å². The molecule has 3 N–H and O–H groups in total. The van der Waals surface area contributed by atoms with Crippen LogP contribution in [0.3, 0.4) is 0 Å². The summed E-state index contributed by atoms with van der Waals surface area (Å²) in [6.45, 7) is 1.88. The van der Waals surface area contributed by atoms with E-state index in [-0.39, 0.29) is 18.7 Å². The average Bonchev–Trinajstić information content (AvgIpc) is 2.29. The highest BCUT2D eigenvalue weighted by Crippen LogP contribution is 2.27. The monoisotopic (exact) mass is 288 g/mol. The molecule has 0 unspecified atom stereocenters. The summed E-state index contributed by atoms with van der Waals surface area (Å²) in [6, 6.07) is 5.00. The molecule has 0 heterocycles. The number of carbonyl (C=O) groups is 1. The van der Waals surface area contributed by atoms with Crippen LogP contribution >= 0.6 is 23.4 Å². The van der Waals surface area contributed by atoms with Crippen molar-refractivity contribution in [3.05, 3.63) is 23.2 Å². The van der Waals surface area contributed by atoms with Crippen molar-refractivity contribution < 1.29 is 9.90 Å². The standard InChI is InChI=1S/C12H17ClN2O2S/c1-8(5-6-16)14-12(17)15-9-3-4-11(18-2)10(13)7-9/h3-4,7-8,16H,5-6H2,1-2H3,(H2,14,15,17)/t8-/m1/s1. The summed E-state index contributed by atoms with van der Waals surface area (Å²) in [6.07, 6.45) is 2.47. The first-order chi connectivity index (χ1) is 8.56. The largest absolute Gasteiger partial charge is 0.396 e. The Morgan fingerprint density at radius 2 is 2.28 bits per heavy atom. The van der Waals surface area contributed by atoms with E-state index in [1.807, 2.05) is 19.2 Å². The fourth-order valence-corrected chi connectivity index (χ4v) is 2.27. The van der Waals surface area contributed by atoms with E-state index in [0.717, 1.165) is 4.90 Å². The van der Waals surface area contributed by atoms with E-state index in [0.29, 0.717) is 17.1 Å². The third-order valence-corrected chi connectivity index (χ3v) is 3.57. The SMILES string of the molecule is CSc1ccc(NC(=O)N[C@H](C)CCO)cc1Cl. The Labute approximate surface area is 116 Å². The molecule has 0 aliphatic heterocycles. The Balaban J connectivity index is 2.57. The first kappa shape index (κ1) is 15.1. The highest BCUT2D eigenvalue weighted by molar-refractivity contribution is 7.98. The minimum absolute atomic E-state index is 0.0513. The van der Waals surface area contributed by atoms with Gasteiger partial charge in [-0.3, -0.25) is 0 Å². The van der Waals surface area contributed by atoms with Gasteiger partial charge in [0.1, 0.15) is 0 Å². The molecule has 2 amide bonds. The van der Waals surface area contributed by atoms with Gasteiger partial charge in [-0.05, 0) is 37.8 Å². The number of rotatable bonds is 5. The van der Waals surface area contributed by atoms with E-state index in [4.69, 9.17) is 16.7 Å². The van der Waals surface area contributed by atoms with Crippen LogP contribution in [0.2, 0.25) is 5.02 Å². The number of hydrogen-bond acceptors (Lipinski definition) is 3. The molecule has 0 saturated heterocycles. The van der Waals surface area contributed by atoms with Crippen LogP contribution in [0.25, 0.3) is 0 Å². The number of thioether (sulfide) groups is 1. The lowest BCUT2D eigenvalue weighted by Crippen LogP contribution is -2.36. The van der Waals surface area contributed by atoms with Crippen LogP contribution in [0.4, 0.5) is 10.5 Å². The summed E-state index contributed by atoms with van der Waals surface area (Å²) in [4.78, 5) is 12.6. The lowest BCUT2D eigenvalue weighted by Gasteiger charge is -2.13. The van der Waals surface area contributed by atoms with Gasteiger partial charge in [-0.1, -0.05) is 11.6 Å². The molecule has 0 spiro atoms. The minimum atomic E-state index is -0.302. The maximum absolute atomic E-state index is 11.6. The molecular formula is C12H17ClN2O2S. The van der Waals surface area contributed by atoms with E-state index in [1.165, 1.54) is 0 Å². The number of carbonyl (C=O) groups excluding carboxylic acids is 1. The molecule has 0 radical (unpaired) electrons. The first-order valence-corrected chi connectivity index (χ1v) is 7.19. The molecule has 0 aromatic heterocycles. The van der Waals surface area contributed by atoms with Gasteiger partial charge in [0, 0.05) is 23.2 Å². The Hall–Kier alpha value is -0.910. The minimum Gasteiger partial charge on any atom is -0.396 e. The van der Waals surface area contributed by atoms with E-state index in [9.17, 15) is 4.79 Å². The quantitative estimate of drug-likeness (QED) is 0.730. The Kier molecular flexibility index (Phi) is 6.32. The second-order valence-corrected chi connectivity index (χ2v) is 5.12. The molecule has 0 fully saturated rings. The van der Waals surface area contributed by atoms with E-state index >= 15 is 0 Å². The third kappa shape index (κ3) is 4.76. The number of hydrogen-bond donors (Lipinski definition) is 3. The van der Waals surface area contributed by atoms with Crippen molar-refractivity contribution in [2.75, 3.05) is 18.2 Å². The molecule has 1 aromatic carbocycles. The van der Waals surface area contributed by atoms with Crippen LogP contribution in [0.15, 0.2) is 23.1 Å². The zero-order chi connectivity index (χ0) is 13.5. The summed E-state index contributed by atoms with van der Waals surface area (Å²) in [5.41, 5.74) is 0.645. The molecule has 1 aromatic rings. The fraction of sp³-hybridized carbons (Fsp3) is 0.417. The molecule has 0 saturated carbocycles. The van der Waals surface area contributed by atoms with Crippen LogP contribution in [-0.2, 0) is 0 Å². The van der Waals surface area contributed by atoms with Gasteiger partial charge in [0.05, 0.1) is 5.02 Å². The molecule has 0 aliphatic carbocycles. The molecule has 1 atom stereocenters. The van der Waals surface area contributed by atoms with E-state index in [2.05, 4.69) is 10.6 Å². The van der Waals surface area contributed by atoms with Crippen molar-refractivity contribution in [3.8, 4) is 0 Å². The zero-order valence-electron chi connectivity index (χ0n) is 10.4. The second kappa shape index (κ2) is 7.51. The first-order valence-electron chi connectivity index (χ1n) is 5.58. The van der Waals surface area contributed by atoms with Gasteiger partial charge in [0.25, 0.3) is 0 Å². The van der Waals surface area contributed by atoms with Gasteiger partial charge in [-0.2, -0.15) is 0 Å². The Morgan fingerprint density at radius 3 is 2.83 bits per heavy atom. The van der Waals surface area contributed by atoms with Gasteiger partial charge >= 0.3 is 6.03 Å². The molecule has 100 valence electrons. The van der Waals surface area contributed by atoms with Gasteiger partial charge in [0.15, 0.2) is 0 Å². The maximum atomic E-state index is 11.6. The molecule has 1 rings (SSSR count). The van der Waals surface area contributed by atoms with Gasteiger partial charge in [-0.25, -0.2) is 4.79 Å². The average molecular weight is 289 g/mol. The molecule has 0 bridgehead atoms. The zero-order valence-corrected chi connectivity index (χ0v) is 11.9. The van der Waals surface area contributed by atoms with E-state index in [1.54, 1.807) is 23.9 Å². The number of nitrogens with one attached hydrogen (secondary N) is 2. The van der Waals surface area contributed by atoms with Crippen LogP contribution < -0.4 is 10.6 Å². The van der Waals surface area contributed by atoms with Crippen LogP contribution in [-0.4, -0.2) is 30.0 Å². The number of benzene rings is 1. The van der Waals surface area contributed by atoms with E-state index < -0.39 is 0 Å². The fourth-order valence-electron chi connectivity index (χ4n) is 1.40. The summed E-state index contributed by atoms with van der Waals surface area (Å²) in [7, 11) is 0. The summed E-state index contributed by atoms with van der Waals surface area (Å²) in [5, 5.41) is 14.8. The van der Waals surface area contributed by atoms with Crippen molar-refractivity contribution in [3.63, 3.8) is 0 Å². The molecule has 6 heteroatoms. The summed E-state index contributed by atoms with van der Waals surface area (Å²) >= 11 is 7.60. The van der Waals surface area contributed by atoms with Gasteiger partial charge < -0.3 is 15.7 Å². The number of anilines is 1. The molecule has 18 heavy (non-hydrogen) atoms. The normalized spacial score (nSPS) is 12.0. The van der Waals surface area contributed by atoms with Crippen molar-refractivity contribution >= 4 is 35.1 Å². The highest BCUT2D eigenvalue weighted by atomic mass is 35.5. The Bertz CT molecular complexity index is 415. The smallest absolute Gasteiger partial charge is 0.319 e. The predicted molar refractivity (Wildman–Crippen MR) is 76.6 cm³/mol. The van der Waals surface area contributed by atoms with Crippen LogP contribution in [0, 0.1) is 0 Å². The number of amides is 2. The maximum Gasteiger partial charge on any atom is 0.319 e. The number of halogens is 1. The second-order valence-electron chi connectivity index (χ2n) is 3.86. The summed E-state index contributed by atoms with van der Waals surface area (Å²) in [5.74, 6) is 0. The number of aliphatic hydroxyl groups excluding tert-OH is 1. The van der Waals surface area contributed by atoms with Crippen molar-refractivity contribution in [1.29, 1.82) is 0 Å².